The zero-order valence-corrected chi connectivity index (χ0v) is 13.4. The molecule has 0 amide bonds. The molecule has 0 bridgehead atoms. The van der Waals surface area contributed by atoms with Crippen molar-refractivity contribution in [3.05, 3.63) is 28.8 Å². The van der Waals surface area contributed by atoms with Crippen LogP contribution >= 0.6 is 11.6 Å². The van der Waals surface area contributed by atoms with Gasteiger partial charge in [-0.05, 0) is 32.3 Å². The number of likely N-dealkylation sites (N-methyl/N-ethyl adjacent to an activating group) is 2. The first kappa shape index (κ1) is 14.3. The number of nitriles is 1. The van der Waals surface area contributed by atoms with Crippen LogP contribution in [0.4, 0.5) is 0 Å². The second-order valence-electron chi connectivity index (χ2n) is 6.64. The largest absolute Gasteiger partial charge is 0.487 e. The van der Waals surface area contributed by atoms with Crippen LogP contribution in [0, 0.1) is 16.7 Å². The molecule has 0 aromatic heterocycles. The van der Waals surface area contributed by atoms with Gasteiger partial charge in [0.25, 0.3) is 0 Å². The van der Waals surface area contributed by atoms with Gasteiger partial charge < -0.3 is 14.4 Å². The first-order valence-corrected chi connectivity index (χ1v) is 7.77. The van der Waals surface area contributed by atoms with Crippen LogP contribution < -0.4 is 4.74 Å². The van der Waals surface area contributed by atoms with Crippen molar-refractivity contribution < 1.29 is 9.47 Å². The SMILES string of the molecule is CN1CO[C@@]2(C1)c1cc(Cl)ccc1O[C@H]1CN(C)C[C@]12C#N. The first-order chi connectivity index (χ1) is 10.5. The Bertz CT molecular complexity index is 676. The molecular formula is C16H18ClN3O2. The van der Waals surface area contributed by atoms with E-state index in [2.05, 4.69) is 15.9 Å². The number of hydrogen-bond acceptors (Lipinski definition) is 5. The third-order valence-electron chi connectivity index (χ3n) is 5.14. The number of benzene rings is 1. The molecule has 0 radical (unpaired) electrons. The van der Waals surface area contributed by atoms with Gasteiger partial charge in [-0.1, -0.05) is 11.6 Å². The summed E-state index contributed by atoms with van der Waals surface area (Å²) >= 11 is 6.22. The number of hydrogen-bond donors (Lipinski definition) is 0. The van der Waals surface area contributed by atoms with Gasteiger partial charge in [-0.15, -0.1) is 0 Å². The molecule has 6 heteroatoms. The standard InChI is InChI=1S/C16H18ClN3O2/c1-19-6-14-15(7-18,8-19)16(9-20(2)10-21-16)12-5-11(17)3-4-13(12)22-14/h3-5,14H,6,8-10H2,1-2H3/t14-,15+,16-/m0/s1. The second-order valence-corrected chi connectivity index (χ2v) is 7.08. The summed E-state index contributed by atoms with van der Waals surface area (Å²) in [5, 5.41) is 10.7. The smallest absolute Gasteiger partial charge is 0.142 e. The summed E-state index contributed by atoms with van der Waals surface area (Å²) in [6, 6.07) is 8.17. The summed E-state index contributed by atoms with van der Waals surface area (Å²) in [4.78, 5) is 4.25. The average molecular weight is 320 g/mol. The van der Waals surface area contributed by atoms with Crippen molar-refractivity contribution in [1.82, 2.24) is 9.80 Å². The van der Waals surface area contributed by atoms with Crippen molar-refractivity contribution in [3.8, 4) is 11.8 Å². The molecule has 1 spiro atoms. The Morgan fingerprint density at radius 1 is 1.32 bits per heavy atom. The lowest BCUT2D eigenvalue weighted by Gasteiger charge is -2.47. The van der Waals surface area contributed by atoms with E-state index in [-0.39, 0.29) is 6.10 Å². The molecule has 0 unspecified atom stereocenters. The number of nitrogens with zero attached hydrogens (tertiary/aromatic N) is 3. The van der Waals surface area contributed by atoms with Gasteiger partial charge in [0.2, 0.25) is 0 Å². The van der Waals surface area contributed by atoms with E-state index in [1.807, 2.05) is 32.3 Å². The van der Waals surface area contributed by atoms with E-state index in [0.29, 0.717) is 24.8 Å². The van der Waals surface area contributed by atoms with Gasteiger partial charge in [-0.2, -0.15) is 5.26 Å². The van der Waals surface area contributed by atoms with E-state index < -0.39 is 11.0 Å². The molecule has 1 aromatic rings. The summed E-state index contributed by atoms with van der Waals surface area (Å²) in [7, 11) is 4.03. The van der Waals surface area contributed by atoms with Crippen molar-refractivity contribution in [3.63, 3.8) is 0 Å². The normalized spacial score (nSPS) is 37.6. The molecule has 3 heterocycles. The molecule has 1 aromatic carbocycles. The Labute approximate surface area is 135 Å². The molecule has 0 aliphatic carbocycles. The topological polar surface area (TPSA) is 48.7 Å². The highest BCUT2D eigenvalue weighted by Gasteiger charge is 2.68. The molecule has 0 saturated carbocycles. The summed E-state index contributed by atoms with van der Waals surface area (Å²) in [6.45, 7) is 2.53. The highest BCUT2D eigenvalue weighted by atomic mass is 35.5. The Morgan fingerprint density at radius 3 is 2.82 bits per heavy atom. The van der Waals surface area contributed by atoms with Gasteiger partial charge in [0.05, 0.1) is 6.07 Å². The summed E-state index contributed by atoms with van der Waals surface area (Å²) in [6.07, 6.45) is -0.192. The fourth-order valence-corrected chi connectivity index (χ4v) is 4.37. The van der Waals surface area contributed by atoms with Gasteiger partial charge in [-0.3, -0.25) is 4.90 Å². The van der Waals surface area contributed by atoms with Crippen LogP contribution in [0.15, 0.2) is 18.2 Å². The highest BCUT2D eigenvalue weighted by Crippen LogP contribution is 2.57. The summed E-state index contributed by atoms with van der Waals surface area (Å²) in [5.74, 6) is 0.783. The quantitative estimate of drug-likeness (QED) is 0.728. The minimum Gasteiger partial charge on any atom is -0.487 e. The predicted molar refractivity (Wildman–Crippen MR) is 81.7 cm³/mol. The Balaban J connectivity index is 1.97. The lowest BCUT2D eigenvalue weighted by Crippen LogP contribution is -2.58. The number of ether oxygens (including phenoxy) is 2. The van der Waals surface area contributed by atoms with Gasteiger partial charge >= 0.3 is 0 Å². The molecule has 3 aliphatic heterocycles. The Kier molecular flexibility index (Phi) is 2.98. The predicted octanol–water partition coefficient (Wildman–Crippen LogP) is 1.67. The molecule has 5 nitrogen and oxygen atoms in total. The molecule has 22 heavy (non-hydrogen) atoms. The van der Waals surface area contributed by atoms with Crippen molar-refractivity contribution in [2.45, 2.75) is 11.7 Å². The van der Waals surface area contributed by atoms with Crippen LogP contribution in [0.3, 0.4) is 0 Å². The second kappa shape index (κ2) is 4.59. The maximum atomic E-state index is 10.1. The molecule has 116 valence electrons. The van der Waals surface area contributed by atoms with Crippen molar-refractivity contribution >= 4 is 11.6 Å². The number of fused-ring (bicyclic) bond motifs is 4. The maximum Gasteiger partial charge on any atom is 0.142 e. The summed E-state index contributed by atoms with van der Waals surface area (Å²) in [5.41, 5.74) is -0.508. The van der Waals surface area contributed by atoms with Gasteiger partial charge in [0, 0.05) is 30.2 Å². The fourth-order valence-electron chi connectivity index (χ4n) is 4.19. The molecule has 4 rings (SSSR count). The Hall–Kier alpha value is -1.32. The molecule has 3 atom stereocenters. The third kappa shape index (κ3) is 1.64. The summed E-state index contributed by atoms with van der Waals surface area (Å²) < 4.78 is 12.4. The number of likely N-dealkylation sites (tertiary alicyclic amines) is 1. The van der Waals surface area contributed by atoms with Crippen LogP contribution in [-0.4, -0.2) is 56.4 Å². The van der Waals surface area contributed by atoms with E-state index in [4.69, 9.17) is 21.1 Å². The van der Waals surface area contributed by atoms with Crippen LogP contribution in [0.25, 0.3) is 0 Å². The first-order valence-electron chi connectivity index (χ1n) is 7.40. The van der Waals surface area contributed by atoms with Crippen LogP contribution in [-0.2, 0) is 10.3 Å². The van der Waals surface area contributed by atoms with Crippen molar-refractivity contribution in [2.75, 3.05) is 40.5 Å². The van der Waals surface area contributed by atoms with Crippen molar-refractivity contribution in [2.24, 2.45) is 5.41 Å². The van der Waals surface area contributed by atoms with E-state index in [1.54, 1.807) is 0 Å². The molecular weight excluding hydrogens is 302 g/mol. The van der Waals surface area contributed by atoms with E-state index in [1.165, 1.54) is 0 Å². The van der Waals surface area contributed by atoms with E-state index in [0.717, 1.165) is 17.9 Å². The lowest BCUT2D eigenvalue weighted by atomic mass is 9.65. The Morgan fingerprint density at radius 2 is 2.14 bits per heavy atom. The molecule has 3 aliphatic rings. The number of rotatable bonds is 0. The molecule has 2 fully saturated rings. The zero-order valence-electron chi connectivity index (χ0n) is 12.7. The van der Waals surface area contributed by atoms with E-state index >= 15 is 0 Å². The maximum absolute atomic E-state index is 10.1. The van der Waals surface area contributed by atoms with Crippen LogP contribution in [0.5, 0.6) is 5.75 Å². The molecule has 0 N–H and O–H groups in total. The van der Waals surface area contributed by atoms with Gasteiger partial charge in [0.15, 0.2) is 0 Å². The third-order valence-corrected chi connectivity index (χ3v) is 5.37. The van der Waals surface area contributed by atoms with E-state index in [9.17, 15) is 5.26 Å². The minimum absolute atomic E-state index is 0.192. The van der Waals surface area contributed by atoms with Gasteiger partial charge in [0.1, 0.15) is 29.6 Å². The van der Waals surface area contributed by atoms with Crippen LogP contribution in [0.1, 0.15) is 5.56 Å². The fraction of sp³-hybridized carbons (Fsp3) is 0.562. The average Bonchev–Trinajstić information content (AvgIpc) is 3.03. The zero-order chi connectivity index (χ0) is 15.5. The highest BCUT2D eigenvalue weighted by molar-refractivity contribution is 6.30. The minimum atomic E-state index is -0.718. The van der Waals surface area contributed by atoms with Crippen molar-refractivity contribution in [1.29, 1.82) is 5.26 Å². The monoisotopic (exact) mass is 319 g/mol. The number of halogens is 1. The molecule has 2 saturated heterocycles. The lowest BCUT2D eigenvalue weighted by molar-refractivity contribution is -0.117. The van der Waals surface area contributed by atoms with Crippen LogP contribution in [0.2, 0.25) is 5.02 Å². The van der Waals surface area contributed by atoms with Gasteiger partial charge in [-0.25, -0.2) is 0 Å².